The molecule has 1 aliphatic rings. The highest BCUT2D eigenvalue weighted by Crippen LogP contribution is 2.35. The highest BCUT2D eigenvalue weighted by Gasteiger charge is 2.53. The number of rotatable bonds is 15. The smallest absolute Gasteiger partial charge is 0.338 e. The molecule has 10 nitrogen and oxygen atoms in total. The molecule has 2 amide bonds. The minimum Gasteiger partial charge on any atom is -0.460 e. The summed E-state index contributed by atoms with van der Waals surface area (Å²) in [6.07, 6.45) is -0.0287. The van der Waals surface area contributed by atoms with E-state index < -0.39 is 64.3 Å². The minimum atomic E-state index is -4.26. The topological polar surface area (TPSA) is 136 Å². The molecular weight excluding hydrogens is 693 g/mol. The van der Waals surface area contributed by atoms with E-state index >= 15 is 0 Å². The number of sulfonamides is 1. The minimum absolute atomic E-state index is 0.0150. The van der Waals surface area contributed by atoms with Crippen LogP contribution in [-0.4, -0.2) is 55.8 Å². The van der Waals surface area contributed by atoms with Crippen molar-refractivity contribution >= 4 is 33.8 Å². The Kier molecular flexibility index (Phi) is 11.9. The van der Waals surface area contributed by atoms with Crippen LogP contribution in [0.3, 0.4) is 0 Å². The summed E-state index contributed by atoms with van der Waals surface area (Å²) in [6, 6.07) is 40.3. The largest absolute Gasteiger partial charge is 0.460 e. The fraction of sp³-hybridized carbons (Fsp3) is 0.190. The maximum atomic E-state index is 14.8. The van der Waals surface area contributed by atoms with Gasteiger partial charge in [0.05, 0.1) is 40.8 Å². The van der Waals surface area contributed by atoms with E-state index in [9.17, 15) is 27.6 Å². The first-order valence-electron chi connectivity index (χ1n) is 17.2. The summed E-state index contributed by atoms with van der Waals surface area (Å²) in [7, 11) is -4.26. The van der Waals surface area contributed by atoms with E-state index in [-0.39, 0.29) is 29.7 Å². The lowest BCUT2D eigenvalue weighted by molar-refractivity contribution is -0.171. The van der Waals surface area contributed by atoms with E-state index in [1.165, 1.54) is 12.1 Å². The normalized spacial score (nSPS) is 16.5. The molecule has 1 fully saturated rings. The van der Waals surface area contributed by atoms with Gasteiger partial charge >= 0.3 is 11.9 Å². The van der Waals surface area contributed by atoms with Crippen molar-refractivity contribution in [3.05, 3.63) is 168 Å². The van der Waals surface area contributed by atoms with Crippen molar-refractivity contribution < 1.29 is 37.1 Å². The van der Waals surface area contributed by atoms with Crippen LogP contribution in [0.2, 0.25) is 0 Å². The number of likely N-dealkylation sites (tertiary alicyclic amines) is 1. The number of hydrogen-bond donors (Lipinski definition) is 1. The molecule has 0 radical (unpaired) electrons. The van der Waals surface area contributed by atoms with E-state index in [1.807, 2.05) is 30.3 Å². The van der Waals surface area contributed by atoms with Crippen LogP contribution in [0.1, 0.15) is 27.9 Å². The standard InChI is InChI=1S/C42H38N2O8S/c45-39(52-33-22-12-4-13-23-33)28-38-36(27-31-18-8-2-9-19-31)41(47)44(38)40(46)35(26-30-16-6-1-7-17-30)37(29-51-42(48)32-20-10-3-11-21-32)43-53(49,50)34-24-14-5-15-25-34/h1-25,35-38,43H,26-29H2/t35?,36-,37?,38+/m0/s1. The molecular formula is C42H38N2O8S. The number of carbonyl (C=O) groups excluding carboxylic acids is 4. The maximum absolute atomic E-state index is 14.8. The molecule has 53 heavy (non-hydrogen) atoms. The number of benzene rings is 5. The maximum Gasteiger partial charge on any atom is 0.338 e. The molecule has 1 heterocycles. The number of para-hydroxylation sites is 1. The summed E-state index contributed by atoms with van der Waals surface area (Å²) in [6.45, 7) is -0.529. The number of esters is 2. The van der Waals surface area contributed by atoms with Crippen molar-refractivity contribution in [2.24, 2.45) is 11.8 Å². The molecule has 0 saturated carbocycles. The van der Waals surface area contributed by atoms with Gasteiger partial charge in [0.1, 0.15) is 12.4 Å². The second kappa shape index (κ2) is 17.1. The first kappa shape index (κ1) is 36.9. The molecule has 5 aromatic carbocycles. The number of amides is 2. The fourth-order valence-electron chi connectivity index (χ4n) is 6.40. The molecule has 0 aromatic heterocycles. The summed E-state index contributed by atoms with van der Waals surface area (Å²) >= 11 is 0. The third kappa shape index (κ3) is 9.31. The fourth-order valence-corrected chi connectivity index (χ4v) is 7.69. The van der Waals surface area contributed by atoms with Gasteiger partial charge in [-0.3, -0.25) is 19.3 Å². The zero-order chi connectivity index (χ0) is 37.2. The molecule has 270 valence electrons. The van der Waals surface area contributed by atoms with E-state index in [4.69, 9.17) is 9.47 Å². The van der Waals surface area contributed by atoms with Gasteiger partial charge in [0.2, 0.25) is 21.8 Å². The third-order valence-electron chi connectivity index (χ3n) is 9.10. The Morgan fingerprint density at radius 3 is 1.83 bits per heavy atom. The van der Waals surface area contributed by atoms with Gasteiger partial charge in [-0.05, 0) is 60.4 Å². The van der Waals surface area contributed by atoms with E-state index in [1.54, 1.807) is 109 Å². The van der Waals surface area contributed by atoms with Gasteiger partial charge in [0.15, 0.2) is 0 Å². The molecule has 1 saturated heterocycles. The Labute approximate surface area is 308 Å². The van der Waals surface area contributed by atoms with Gasteiger partial charge in [-0.1, -0.05) is 115 Å². The molecule has 1 N–H and O–H groups in total. The van der Waals surface area contributed by atoms with Crippen molar-refractivity contribution in [3.63, 3.8) is 0 Å². The SMILES string of the molecule is O=C(C[C@@H]1[C@H](Cc2ccccc2)C(=O)N1C(=O)C(Cc1ccccc1)C(COC(=O)c1ccccc1)NS(=O)(=O)c1ccccc1)Oc1ccccc1. The van der Waals surface area contributed by atoms with E-state index in [0.29, 0.717) is 11.3 Å². The Morgan fingerprint density at radius 2 is 1.23 bits per heavy atom. The van der Waals surface area contributed by atoms with Gasteiger partial charge in [-0.15, -0.1) is 0 Å². The van der Waals surface area contributed by atoms with Crippen molar-refractivity contribution in [1.29, 1.82) is 0 Å². The van der Waals surface area contributed by atoms with Crippen LogP contribution in [0.4, 0.5) is 0 Å². The van der Waals surface area contributed by atoms with Crippen LogP contribution >= 0.6 is 0 Å². The van der Waals surface area contributed by atoms with Crippen LogP contribution in [0.15, 0.2) is 157 Å². The zero-order valence-corrected chi connectivity index (χ0v) is 29.5. The first-order valence-corrected chi connectivity index (χ1v) is 18.7. The summed E-state index contributed by atoms with van der Waals surface area (Å²) in [5.74, 6) is -4.21. The highest BCUT2D eigenvalue weighted by molar-refractivity contribution is 7.89. The Morgan fingerprint density at radius 1 is 0.698 bits per heavy atom. The molecule has 4 atom stereocenters. The van der Waals surface area contributed by atoms with Crippen LogP contribution in [0, 0.1) is 11.8 Å². The molecule has 5 aromatic rings. The molecule has 6 rings (SSSR count). The number of ether oxygens (including phenoxy) is 2. The van der Waals surface area contributed by atoms with E-state index in [0.717, 1.165) is 10.5 Å². The lowest BCUT2D eigenvalue weighted by Gasteiger charge is -2.47. The predicted molar refractivity (Wildman–Crippen MR) is 197 cm³/mol. The van der Waals surface area contributed by atoms with Crippen LogP contribution < -0.4 is 9.46 Å². The van der Waals surface area contributed by atoms with Crippen molar-refractivity contribution in [2.75, 3.05) is 6.61 Å². The van der Waals surface area contributed by atoms with Gasteiger partial charge in [0.25, 0.3) is 0 Å². The monoisotopic (exact) mass is 730 g/mol. The number of nitrogens with zero attached hydrogens (tertiary/aromatic N) is 1. The lowest BCUT2D eigenvalue weighted by atomic mass is 9.78. The highest BCUT2D eigenvalue weighted by atomic mass is 32.2. The predicted octanol–water partition coefficient (Wildman–Crippen LogP) is 5.64. The number of carbonyl (C=O) groups is 4. The van der Waals surface area contributed by atoms with Crippen molar-refractivity contribution in [2.45, 2.75) is 36.2 Å². The molecule has 0 bridgehead atoms. The summed E-state index contributed by atoms with van der Waals surface area (Å²) < 4.78 is 41.4. The van der Waals surface area contributed by atoms with Gasteiger partial charge < -0.3 is 9.47 Å². The average Bonchev–Trinajstić information content (AvgIpc) is 3.19. The third-order valence-corrected chi connectivity index (χ3v) is 10.6. The number of nitrogens with one attached hydrogen (secondary N) is 1. The summed E-state index contributed by atoms with van der Waals surface area (Å²) in [5.41, 5.74) is 1.77. The van der Waals surface area contributed by atoms with Crippen molar-refractivity contribution in [3.8, 4) is 5.75 Å². The molecule has 11 heteroatoms. The second-order valence-corrected chi connectivity index (χ2v) is 14.4. The Balaban J connectivity index is 1.35. The van der Waals surface area contributed by atoms with Gasteiger partial charge in [0, 0.05) is 0 Å². The lowest BCUT2D eigenvalue weighted by Crippen LogP contribution is -2.67. The average molecular weight is 731 g/mol. The second-order valence-electron chi connectivity index (χ2n) is 12.7. The number of imide groups is 1. The van der Waals surface area contributed by atoms with E-state index in [2.05, 4.69) is 4.72 Å². The van der Waals surface area contributed by atoms with Gasteiger partial charge in [-0.2, -0.15) is 0 Å². The Hall–Kier alpha value is -5.91. The van der Waals surface area contributed by atoms with Crippen LogP contribution in [-0.2, 0) is 42.0 Å². The first-order chi connectivity index (χ1) is 25.7. The van der Waals surface area contributed by atoms with Gasteiger partial charge in [-0.25, -0.2) is 17.9 Å². The van der Waals surface area contributed by atoms with Crippen LogP contribution in [0.25, 0.3) is 0 Å². The summed E-state index contributed by atoms with van der Waals surface area (Å²) in [5, 5.41) is 0. The Bertz CT molecular complexity index is 2120. The molecule has 0 spiro atoms. The van der Waals surface area contributed by atoms with Crippen LogP contribution in [0.5, 0.6) is 5.75 Å². The van der Waals surface area contributed by atoms with Crippen molar-refractivity contribution in [1.82, 2.24) is 9.62 Å². The quantitative estimate of drug-likeness (QED) is 0.0831. The number of hydrogen-bond acceptors (Lipinski definition) is 8. The number of β-lactam (4-membered cyclic amide) rings is 1. The molecule has 1 aliphatic heterocycles. The molecule has 0 aliphatic carbocycles. The summed E-state index contributed by atoms with van der Waals surface area (Å²) in [4.78, 5) is 56.3. The zero-order valence-electron chi connectivity index (χ0n) is 28.7. The molecule has 2 unspecified atom stereocenters.